The van der Waals surface area contributed by atoms with Crippen molar-refractivity contribution in [1.29, 1.82) is 0 Å². The van der Waals surface area contributed by atoms with Gasteiger partial charge in [-0.25, -0.2) is 9.79 Å². The SMILES string of the molecule is CCOC(=O)C1=C(C)N=c2s/c(=C/c3cc([N+](=O)[O-])ccc3N3CCCC3)c(=O)n2C1c1cc(OC)c(OC)cc1Br. The second-order valence-electron chi connectivity index (χ2n) is 9.73. The number of halogens is 1. The quantitative estimate of drug-likeness (QED) is 0.202. The van der Waals surface area contributed by atoms with E-state index >= 15 is 0 Å². The van der Waals surface area contributed by atoms with Gasteiger partial charge in [0.1, 0.15) is 0 Å². The summed E-state index contributed by atoms with van der Waals surface area (Å²) in [7, 11) is 3.02. The van der Waals surface area contributed by atoms with E-state index in [9.17, 15) is 19.7 Å². The Morgan fingerprint density at radius 1 is 1.19 bits per heavy atom. The molecule has 1 aromatic heterocycles. The zero-order chi connectivity index (χ0) is 30.1. The van der Waals surface area contributed by atoms with Crippen LogP contribution in [0.2, 0.25) is 0 Å². The minimum atomic E-state index is -0.889. The van der Waals surface area contributed by atoms with Gasteiger partial charge in [0.15, 0.2) is 16.3 Å². The highest BCUT2D eigenvalue weighted by molar-refractivity contribution is 9.10. The first-order chi connectivity index (χ1) is 20.2. The molecule has 0 bridgehead atoms. The molecule has 1 saturated heterocycles. The molecule has 1 unspecified atom stereocenters. The second kappa shape index (κ2) is 12.1. The summed E-state index contributed by atoms with van der Waals surface area (Å²) in [5.41, 5.74) is 2.15. The third-order valence-corrected chi connectivity index (χ3v) is 8.94. The largest absolute Gasteiger partial charge is 0.493 e. The number of carbonyl (C=O) groups is 1. The topological polar surface area (TPSA) is 126 Å². The maximum absolute atomic E-state index is 14.2. The van der Waals surface area contributed by atoms with Gasteiger partial charge in [-0.1, -0.05) is 27.3 Å². The number of rotatable bonds is 8. The number of esters is 1. The zero-order valence-electron chi connectivity index (χ0n) is 23.5. The molecule has 0 aliphatic carbocycles. The number of aromatic nitrogens is 1. The highest BCUT2D eigenvalue weighted by atomic mass is 79.9. The number of fused-ring (bicyclic) bond motifs is 1. The number of nitro benzene ring substituents is 1. The number of methoxy groups -OCH3 is 2. The van der Waals surface area contributed by atoms with Gasteiger partial charge in [-0.3, -0.25) is 19.5 Å². The average Bonchev–Trinajstić information content (AvgIpc) is 3.60. The van der Waals surface area contributed by atoms with Crippen LogP contribution in [0.15, 0.2) is 55.9 Å². The predicted molar refractivity (Wildman–Crippen MR) is 162 cm³/mol. The van der Waals surface area contributed by atoms with Crippen LogP contribution in [0.5, 0.6) is 11.5 Å². The zero-order valence-corrected chi connectivity index (χ0v) is 25.9. The van der Waals surface area contributed by atoms with Crippen LogP contribution in [0, 0.1) is 10.1 Å². The first-order valence-electron chi connectivity index (χ1n) is 13.3. The highest BCUT2D eigenvalue weighted by Crippen LogP contribution is 2.41. The van der Waals surface area contributed by atoms with Gasteiger partial charge in [0.25, 0.3) is 11.2 Å². The average molecular weight is 658 g/mol. The number of hydrogen-bond acceptors (Lipinski definition) is 10. The third-order valence-electron chi connectivity index (χ3n) is 7.27. The lowest BCUT2D eigenvalue weighted by molar-refractivity contribution is -0.384. The lowest BCUT2D eigenvalue weighted by Crippen LogP contribution is -2.40. The Balaban J connectivity index is 1.77. The van der Waals surface area contributed by atoms with Gasteiger partial charge in [-0.2, -0.15) is 0 Å². The van der Waals surface area contributed by atoms with Crippen LogP contribution in [0.3, 0.4) is 0 Å². The Bertz CT molecular complexity index is 1790. The van der Waals surface area contributed by atoms with E-state index in [1.807, 2.05) is 0 Å². The van der Waals surface area contributed by atoms with Gasteiger partial charge in [0, 0.05) is 40.9 Å². The summed E-state index contributed by atoms with van der Waals surface area (Å²) in [5.74, 6) is 0.302. The summed E-state index contributed by atoms with van der Waals surface area (Å²) < 4.78 is 18.7. The van der Waals surface area contributed by atoms with Crippen LogP contribution in [0.4, 0.5) is 11.4 Å². The molecule has 2 aliphatic heterocycles. The fourth-order valence-electron chi connectivity index (χ4n) is 5.32. The number of hydrogen-bond donors (Lipinski definition) is 0. The Morgan fingerprint density at radius 3 is 2.52 bits per heavy atom. The lowest BCUT2D eigenvalue weighted by Gasteiger charge is -2.26. The first-order valence-corrected chi connectivity index (χ1v) is 14.9. The van der Waals surface area contributed by atoms with Crippen molar-refractivity contribution < 1.29 is 23.9 Å². The van der Waals surface area contributed by atoms with Crippen molar-refractivity contribution in [2.24, 2.45) is 4.99 Å². The van der Waals surface area contributed by atoms with Crippen molar-refractivity contribution in [3.8, 4) is 11.5 Å². The molecule has 5 rings (SSSR count). The molecule has 0 saturated carbocycles. The maximum atomic E-state index is 14.2. The van der Waals surface area contributed by atoms with Crippen LogP contribution < -0.4 is 29.3 Å². The highest BCUT2D eigenvalue weighted by Gasteiger charge is 2.35. The molecule has 3 aromatic rings. The van der Waals surface area contributed by atoms with Gasteiger partial charge in [0.05, 0.1) is 47.6 Å². The Hall–Kier alpha value is -3.97. The van der Waals surface area contributed by atoms with Crippen molar-refractivity contribution in [2.75, 3.05) is 38.8 Å². The van der Waals surface area contributed by atoms with Gasteiger partial charge in [0.2, 0.25) is 0 Å². The predicted octanol–water partition coefficient (Wildman–Crippen LogP) is 4.09. The summed E-state index contributed by atoms with van der Waals surface area (Å²) in [6.07, 6.45) is 3.72. The first kappa shape index (κ1) is 29.5. The van der Waals surface area contributed by atoms with Gasteiger partial charge < -0.3 is 19.1 Å². The van der Waals surface area contributed by atoms with Gasteiger partial charge >= 0.3 is 5.97 Å². The molecule has 13 heteroatoms. The Labute approximate surface area is 253 Å². The second-order valence-corrected chi connectivity index (χ2v) is 11.6. The van der Waals surface area contributed by atoms with E-state index in [0.29, 0.717) is 42.1 Å². The van der Waals surface area contributed by atoms with Gasteiger partial charge in [-0.15, -0.1) is 0 Å². The number of anilines is 1. The molecule has 220 valence electrons. The number of allylic oxidation sites excluding steroid dienone is 1. The fraction of sp³-hybridized carbons (Fsp3) is 0.345. The molecular formula is C29H29BrN4O7S. The van der Waals surface area contributed by atoms with Crippen LogP contribution >= 0.6 is 27.3 Å². The number of thiazole rings is 1. The summed E-state index contributed by atoms with van der Waals surface area (Å²) in [4.78, 5) is 45.8. The van der Waals surface area contributed by atoms with Crippen molar-refractivity contribution in [2.45, 2.75) is 32.7 Å². The van der Waals surface area contributed by atoms with Crippen molar-refractivity contribution in [3.05, 3.63) is 87.0 Å². The van der Waals surface area contributed by atoms with Crippen LogP contribution in [0.1, 0.15) is 43.9 Å². The maximum Gasteiger partial charge on any atom is 0.338 e. The van der Waals surface area contributed by atoms with Crippen LogP contribution in [-0.2, 0) is 9.53 Å². The molecule has 42 heavy (non-hydrogen) atoms. The number of non-ortho nitro benzene ring substituents is 1. The normalized spacial score (nSPS) is 16.7. The number of carbonyl (C=O) groups excluding carboxylic acids is 1. The van der Waals surface area contributed by atoms with E-state index in [4.69, 9.17) is 14.2 Å². The van der Waals surface area contributed by atoms with E-state index in [1.165, 1.54) is 30.9 Å². The third kappa shape index (κ3) is 5.34. The molecule has 11 nitrogen and oxygen atoms in total. The van der Waals surface area contributed by atoms with Crippen molar-refractivity contribution in [3.63, 3.8) is 0 Å². The Morgan fingerprint density at radius 2 is 1.88 bits per heavy atom. The minimum absolute atomic E-state index is 0.0652. The molecule has 2 aromatic carbocycles. The van der Waals surface area contributed by atoms with Gasteiger partial charge in [-0.05, 0) is 56.5 Å². The number of ether oxygens (including phenoxy) is 3. The molecule has 0 amide bonds. The monoisotopic (exact) mass is 656 g/mol. The molecular weight excluding hydrogens is 628 g/mol. The van der Waals surface area contributed by atoms with Crippen molar-refractivity contribution in [1.82, 2.24) is 4.57 Å². The Kier molecular flexibility index (Phi) is 8.50. The van der Waals surface area contributed by atoms with E-state index in [-0.39, 0.29) is 17.9 Å². The van der Waals surface area contributed by atoms with E-state index in [1.54, 1.807) is 38.1 Å². The number of nitrogens with zero attached hydrogens (tertiary/aromatic N) is 4. The van der Waals surface area contributed by atoms with Crippen LogP contribution in [-0.4, -0.2) is 49.4 Å². The van der Waals surface area contributed by atoms with Crippen LogP contribution in [0.25, 0.3) is 6.08 Å². The van der Waals surface area contributed by atoms with E-state index < -0.39 is 22.5 Å². The summed E-state index contributed by atoms with van der Waals surface area (Å²) in [5, 5.41) is 11.6. The fourth-order valence-corrected chi connectivity index (χ4v) is 6.90. The van der Waals surface area contributed by atoms with E-state index in [0.717, 1.165) is 43.0 Å². The number of nitro groups is 1. The molecule has 0 radical (unpaired) electrons. The molecule has 2 aliphatic rings. The smallest absolute Gasteiger partial charge is 0.338 e. The standard InChI is InChI=1S/C29H29BrN4O7S/c1-5-41-28(36)25-16(2)31-29-33(26(25)19-14-22(39-3)23(40-4)15-20(19)30)27(35)24(42-29)13-17-12-18(34(37)38)8-9-21(17)32-10-6-7-11-32/h8-9,12-15,26H,5-7,10-11H2,1-4H3/b24-13+. The molecule has 1 fully saturated rings. The summed E-state index contributed by atoms with van der Waals surface area (Å²) in [6.45, 7) is 5.22. The molecule has 3 heterocycles. The molecule has 1 atom stereocenters. The number of benzene rings is 2. The van der Waals surface area contributed by atoms with E-state index in [2.05, 4.69) is 25.8 Å². The molecule has 0 N–H and O–H groups in total. The van der Waals surface area contributed by atoms with Crippen molar-refractivity contribution >= 4 is 50.7 Å². The lowest BCUT2D eigenvalue weighted by atomic mass is 9.95. The minimum Gasteiger partial charge on any atom is -0.493 e. The molecule has 0 spiro atoms. The summed E-state index contributed by atoms with van der Waals surface area (Å²) >= 11 is 4.76. The summed E-state index contributed by atoms with van der Waals surface area (Å²) in [6, 6.07) is 7.25.